The molecule has 0 bridgehead atoms. The van der Waals surface area contributed by atoms with Crippen LogP contribution in [0.4, 0.5) is 0 Å². The zero-order chi connectivity index (χ0) is 12.1. The fraction of sp³-hybridized carbons (Fsp3) is 0.417. The van der Waals surface area contributed by atoms with E-state index in [0.717, 1.165) is 6.42 Å². The molecule has 0 aliphatic carbocycles. The van der Waals surface area contributed by atoms with E-state index >= 15 is 0 Å². The number of rotatable bonds is 4. The van der Waals surface area contributed by atoms with E-state index in [4.69, 9.17) is 15.2 Å². The standard InChI is InChI=1S/C12H16N2O3/c13-6-3-7-14-12(15)11-8-16-9-4-1-2-5-10(9)17-11/h1-2,4-5,11H,3,6-8,13H2,(H,14,15). The molecule has 17 heavy (non-hydrogen) atoms. The number of amides is 1. The first-order valence-corrected chi connectivity index (χ1v) is 5.67. The van der Waals surface area contributed by atoms with Crippen LogP contribution in [0.1, 0.15) is 6.42 Å². The molecule has 2 rings (SSSR count). The number of carbonyl (C=O) groups excluding carboxylic acids is 1. The molecule has 5 heteroatoms. The van der Waals surface area contributed by atoms with Crippen molar-refractivity contribution >= 4 is 5.91 Å². The van der Waals surface area contributed by atoms with Crippen molar-refractivity contribution in [3.63, 3.8) is 0 Å². The van der Waals surface area contributed by atoms with Crippen LogP contribution in [0.2, 0.25) is 0 Å². The van der Waals surface area contributed by atoms with Crippen molar-refractivity contribution in [2.45, 2.75) is 12.5 Å². The average molecular weight is 236 g/mol. The fourth-order valence-electron chi connectivity index (χ4n) is 1.58. The Labute approximate surface area is 99.9 Å². The normalized spacial score (nSPS) is 17.6. The van der Waals surface area contributed by atoms with Crippen LogP contribution >= 0.6 is 0 Å². The number of ether oxygens (including phenoxy) is 2. The zero-order valence-corrected chi connectivity index (χ0v) is 9.52. The van der Waals surface area contributed by atoms with Crippen LogP contribution in [0.3, 0.4) is 0 Å². The minimum atomic E-state index is -0.581. The smallest absolute Gasteiger partial charge is 0.264 e. The third kappa shape index (κ3) is 2.88. The lowest BCUT2D eigenvalue weighted by Gasteiger charge is -2.25. The van der Waals surface area contributed by atoms with Crippen LogP contribution < -0.4 is 20.5 Å². The van der Waals surface area contributed by atoms with Crippen LogP contribution in [-0.2, 0) is 4.79 Å². The van der Waals surface area contributed by atoms with Crippen molar-refractivity contribution in [1.82, 2.24) is 5.32 Å². The fourth-order valence-corrected chi connectivity index (χ4v) is 1.58. The highest BCUT2D eigenvalue weighted by atomic mass is 16.6. The lowest BCUT2D eigenvalue weighted by molar-refractivity contribution is -0.130. The largest absolute Gasteiger partial charge is 0.485 e. The van der Waals surface area contributed by atoms with E-state index in [1.807, 2.05) is 18.2 Å². The number of nitrogens with one attached hydrogen (secondary N) is 1. The molecule has 1 amide bonds. The second-order valence-corrected chi connectivity index (χ2v) is 3.80. The summed E-state index contributed by atoms with van der Waals surface area (Å²) in [7, 11) is 0. The first-order valence-electron chi connectivity index (χ1n) is 5.67. The molecule has 1 unspecified atom stereocenters. The summed E-state index contributed by atoms with van der Waals surface area (Å²) in [5, 5.41) is 2.76. The topological polar surface area (TPSA) is 73.6 Å². The van der Waals surface area contributed by atoms with Gasteiger partial charge in [-0.25, -0.2) is 0 Å². The monoisotopic (exact) mass is 236 g/mol. The maximum Gasteiger partial charge on any atom is 0.264 e. The molecule has 0 aromatic heterocycles. The van der Waals surface area contributed by atoms with E-state index in [9.17, 15) is 4.79 Å². The predicted octanol–water partition coefficient (Wildman–Crippen LogP) is 0.291. The van der Waals surface area contributed by atoms with Gasteiger partial charge in [-0.05, 0) is 25.1 Å². The molecule has 1 atom stereocenters. The molecular formula is C12H16N2O3. The summed E-state index contributed by atoms with van der Waals surface area (Å²) in [6.45, 7) is 1.37. The van der Waals surface area contributed by atoms with Crippen LogP contribution in [0.15, 0.2) is 24.3 Å². The summed E-state index contributed by atoms with van der Waals surface area (Å²) in [5.41, 5.74) is 5.35. The second kappa shape index (κ2) is 5.54. The number of para-hydroxylation sites is 2. The number of nitrogens with two attached hydrogens (primary N) is 1. The Morgan fingerprint density at radius 3 is 2.94 bits per heavy atom. The third-order valence-electron chi connectivity index (χ3n) is 2.48. The Hall–Kier alpha value is -1.75. The Morgan fingerprint density at radius 2 is 2.18 bits per heavy atom. The van der Waals surface area contributed by atoms with Gasteiger partial charge in [0.05, 0.1) is 0 Å². The van der Waals surface area contributed by atoms with Crippen LogP contribution in [0, 0.1) is 0 Å². The minimum Gasteiger partial charge on any atom is -0.485 e. The van der Waals surface area contributed by atoms with E-state index in [2.05, 4.69) is 5.32 Å². The van der Waals surface area contributed by atoms with Gasteiger partial charge < -0.3 is 20.5 Å². The van der Waals surface area contributed by atoms with Gasteiger partial charge in [0.25, 0.3) is 5.91 Å². The van der Waals surface area contributed by atoms with E-state index < -0.39 is 6.10 Å². The molecule has 5 nitrogen and oxygen atoms in total. The summed E-state index contributed by atoms with van der Waals surface area (Å²) in [5.74, 6) is 1.13. The van der Waals surface area contributed by atoms with E-state index in [1.54, 1.807) is 6.07 Å². The highest BCUT2D eigenvalue weighted by Crippen LogP contribution is 2.30. The molecule has 1 aromatic rings. The molecule has 0 fully saturated rings. The molecule has 0 spiro atoms. The van der Waals surface area contributed by atoms with Gasteiger partial charge in [-0.3, -0.25) is 4.79 Å². The summed E-state index contributed by atoms with van der Waals surface area (Å²) in [4.78, 5) is 11.7. The first-order chi connectivity index (χ1) is 8.31. The highest BCUT2D eigenvalue weighted by molar-refractivity contribution is 5.81. The summed E-state index contributed by atoms with van der Waals surface area (Å²) in [6.07, 6.45) is 0.179. The van der Waals surface area contributed by atoms with Crippen molar-refractivity contribution in [3.05, 3.63) is 24.3 Å². The maximum absolute atomic E-state index is 11.7. The summed E-state index contributed by atoms with van der Waals surface area (Å²) < 4.78 is 11.0. The van der Waals surface area contributed by atoms with Crippen molar-refractivity contribution in [1.29, 1.82) is 0 Å². The highest BCUT2D eigenvalue weighted by Gasteiger charge is 2.26. The lowest BCUT2D eigenvalue weighted by atomic mass is 10.2. The Balaban J connectivity index is 1.91. The van der Waals surface area contributed by atoms with Gasteiger partial charge in [0, 0.05) is 6.54 Å². The average Bonchev–Trinajstić information content (AvgIpc) is 2.38. The first kappa shape index (κ1) is 11.7. The number of carbonyl (C=O) groups is 1. The van der Waals surface area contributed by atoms with E-state index in [-0.39, 0.29) is 12.5 Å². The van der Waals surface area contributed by atoms with Crippen molar-refractivity contribution < 1.29 is 14.3 Å². The lowest BCUT2D eigenvalue weighted by Crippen LogP contribution is -2.44. The summed E-state index contributed by atoms with van der Waals surface area (Å²) >= 11 is 0. The van der Waals surface area contributed by atoms with Gasteiger partial charge in [0.1, 0.15) is 6.61 Å². The number of fused-ring (bicyclic) bond motifs is 1. The van der Waals surface area contributed by atoms with Crippen LogP contribution in [0.5, 0.6) is 11.5 Å². The molecule has 92 valence electrons. The maximum atomic E-state index is 11.7. The predicted molar refractivity (Wildman–Crippen MR) is 63.0 cm³/mol. The van der Waals surface area contributed by atoms with Gasteiger partial charge in [0.2, 0.25) is 6.10 Å². The Kier molecular flexibility index (Phi) is 3.82. The second-order valence-electron chi connectivity index (χ2n) is 3.80. The van der Waals surface area contributed by atoms with Crippen LogP contribution in [0.25, 0.3) is 0 Å². The van der Waals surface area contributed by atoms with Gasteiger partial charge in [-0.15, -0.1) is 0 Å². The molecular weight excluding hydrogens is 220 g/mol. The van der Waals surface area contributed by atoms with Gasteiger partial charge in [-0.2, -0.15) is 0 Å². The molecule has 3 N–H and O–H groups in total. The quantitative estimate of drug-likeness (QED) is 0.737. The van der Waals surface area contributed by atoms with Crippen molar-refractivity contribution in [2.75, 3.05) is 19.7 Å². The molecule has 0 radical (unpaired) electrons. The number of benzene rings is 1. The van der Waals surface area contributed by atoms with Crippen molar-refractivity contribution in [2.24, 2.45) is 5.73 Å². The molecule has 0 saturated carbocycles. The molecule has 1 aliphatic heterocycles. The Morgan fingerprint density at radius 1 is 1.41 bits per heavy atom. The third-order valence-corrected chi connectivity index (χ3v) is 2.48. The zero-order valence-electron chi connectivity index (χ0n) is 9.52. The molecule has 1 aliphatic rings. The minimum absolute atomic E-state index is 0.159. The molecule has 1 aromatic carbocycles. The SMILES string of the molecule is NCCCNC(=O)C1COc2ccccc2O1. The molecule has 0 saturated heterocycles. The van der Waals surface area contributed by atoms with E-state index in [1.165, 1.54) is 0 Å². The van der Waals surface area contributed by atoms with Gasteiger partial charge in [-0.1, -0.05) is 12.1 Å². The summed E-state index contributed by atoms with van der Waals surface area (Å²) in [6, 6.07) is 7.31. The van der Waals surface area contributed by atoms with Gasteiger partial charge in [0.15, 0.2) is 11.5 Å². The molecule has 1 heterocycles. The Bertz CT molecular complexity index is 395. The van der Waals surface area contributed by atoms with E-state index in [0.29, 0.717) is 24.6 Å². The number of hydrogen-bond acceptors (Lipinski definition) is 4. The van der Waals surface area contributed by atoms with Gasteiger partial charge >= 0.3 is 0 Å². The number of hydrogen-bond donors (Lipinski definition) is 2. The van der Waals surface area contributed by atoms with Crippen molar-refractivity contribution in [3.8, 4) is 11.5 Å². The van der Waals surface area contributed by atoms with Crippen LogP contribution in [-0.4, -0.2) is 31.7 Å².